The summed E-state index contributed by atoms with van der Waals surface area (Å²) in [5.41, 5.74) is 0.290. The lowest BCUT2D eigenvalue weighted by Gasteiger charge is -2.26. The highest BCUT2D eigenvalue weighted by atomic mass is 32.2. The van der Waals surface area contributed by atoms with Gasteiger partial charge < -0.3 is 10.4 Å². The van der Waals surface area contributed by atoms with Crippen molar-refractivity contribution in [3.05, 3.63) is 54.2 Å². The third-order valence-electron chi connectivity index (χ3n) is 4.20. The lowest BCUT2D eigenvalue weighted by molar-refractivity contribution is -0.192. The zero-order valence-electron chi connectivity index (χ0n) is 16.2. The number of halogens is 3. The predicted octanol–water partition coefficient (Wildman–Crippen LogP) is 3.14. The number of carboxylic acids is 1. The number of carboxylic acid groups (broad SMARTS) is 1. The molecule has 2 N–H and O–H groups in total. The van der Waals surface area contributed by atoms with Crippen LogP contribution in [0, 0.1) is 0 Å². The van der Waals surface area contributed by atoms with E-state index in [-0.39, 0.29) is 10.8 Å². The summed E-state index contributed by atoms with van der Waals surface area (Å²) in [6.45, 7) is 1.07. The summed E-state index contributed by atoms with van der Waals surface area (Å²) in [5, 5.41) is 9.78. The standard InChI is InChI=1S/C17H19N3O3S.C2HF3O2/c21-17(19-16-9-2-3-10-18-16)14-7-6-8-15(13-14)24(22,23)20-11-4-1-5-12-20;3-2(4,5)1(6)7/h2-3,6-10,13H,1,4-5,11-12H2,(H,18,19,21);(H,6,7). The van der Waals surface area contributed by atoms with Gasteiger partial charge in [-0.15, -0.1) is 0 Å². The topological polar surface area (TPSA) is 117 Å². The molecule has 0 unspecified atom stereocenters. The van der Waals surface area contributed by atoms with Crippen LogP contribution in [0.25, 0.3) is 0 Å². The number of rotatable bonds is 4. The number of aromatic nitrogens is 1. The number of alkyl halides is 3. The molecule has 1 fully saturated rings. The van der Waals surface area contributed by atoms with Gasteiger partial charge in [0.15, 0.2) is 0 Å². The van der Waals surface area contributed by atoms with Gasteiger partial charge in [0, 0.05) is 24.8 Å². The Morgan fingerprint density at radius 2 is 1.68 bits per heavy atom. The second kappa shape index (κ2) is 10.4. The van der Waals surface area contributed by atoms with Crippen molar-refractivity contribution in [2.24, 2.45) is 0 Å². The molecule has 3 rings (SSSR count). The first-order valence-electron chi connectivity index (χ1n) is 9.14. The Kier molecular flexibility index (Phi) is 8.11. The Bertz CT molecular complexity index is 1010. The van der Waals surface area contributed by atoms with Crippen LogP contribution in [0.5, 0.6) is 0 Å². The number of hydrogen-bond acceptors (Lipinski definition) is 5. The lowest BCUT2D eigenvalue weighted by Crippen LogP contribution is -2.35. The van der Waals surface area contributed by atoms with Crippen LogP contribution < -0.4 is 5.32 Å². The molecule has 12 heteroatoms. The van der Waals surface area contributed by atoms with E-state index in [2.05, 4.69) is 10.3 Å². The highest BCUT2D eigenvalue weighted by molar-refractivity contribution is 7.89. The summed E-state index contributed by atoms with van der Waals surface area (Å²) in [5.74, 6) is -2.72. The number of anilines is 1. The number of pyridine rings is 1. The fraction of sp³-hybridized carbons (Fsp3) is 0.316. The Hall–Kier alpha value is -2.99. The molecule has 2 heterocycles. The van der Waals surface area contributed by atoms with Crippen molar-refractivity contribution in [1.29, 1.82) is 0 Å². The van der Waals surface area contributed by atoms with Crippen molar-refractivity contribution < 1.29 is 36.3 Å². The maximum Gasteiger partial charge on any atom is 0.490 e. The molecule has 1 aromatic carbocycles. The van der Waals surface area contributed by atoms with E-state index in [1.54, 1.807) is 36.5 Å². The number of benzene rings is 1. The average molecular weight is 459 g/mol. The summed E-state index contributed by atoms with van der Waals surface area (Å²) >= 11 is 0. The van der Waals surface area contributed by atoms with E-state index in [1.165, 1.54) is 16.4 Å². The maximum absolute atomic E-state index is 12.7. The highest BCUT2D eigenvalue weighted by Gasteiger charge is 2.38. The van der Waals surface area contributed by atoms with Gasteiger partial charge in [-0.25, -0.2) is 18.2 Å². The molecule has 0 saturated carbocycles. The van der Waals surface area contributed by atoms with Crippen LogP contribution in [0.3, 0.4) is 0 Å². The molecule has 1 saturated heterocycles. The van der Waals surface area contributed by atoms with E-state index < -0.39 is 22.2 Å². The molecule has 1 aliphatic rings. The number of sulfonamides is 1. The molecule has 168 valence electrons. The number of nitrogens with one attached hydrogen (secondary N) is 1. The molecule has 0 aliphatic carbocycles. The van der Waals surface area contributed by atoms with E-state index in [9.17, 15) is 26.4 Å². The number of amides is 1. The van der Waals surface area contributed by atoms with Gasteiger partial charge in [-0.1, -0.05) is 18.6 Å². The summed E-state index contributed by atoms with van der Waals surface area (Å²) in [4.78, 5) is 25.4. The summed E-state index contributed by atoms with van der Waals surface area (Å²) in [7, 11) is -3.55. The second-order valence-corrected chi connectivity index (χ2v) is 8.40. The quantitative estimate of drug-likeness (QED) is 0.726. The monoisotopic (exact) mass is 459 g/mol. The zero-order valence-corrected chi connectivity index (χ0v) is 17.0. The fourth-order valence-electron chi connectivity index (χ4n) is 2.68. The molecule has 31 heavy (non-hydrogen) atoms. The van der Waals surface area contributed by atoms with Crippen molar-refractivity contribution >= 4 is 27.7 Å². The first-order valence-corrected chi connectivity index (χ1v) is 10.6. The minimum atomic E-state index is -5.08. The van der Waals surface area contributed by atoms with Gasteiger partial charge in [0.25, 0.3) is 5.91 Å². The third-order valence-corrected chi connectivity index (χ3v) is 6.09. The number of hydrogen-bond donors (Lipinski definition) is 2. The molecule has 0 bridgehead atoms. The van der Waals surface area contributed by atoms with E-state index in [0.717, 1.165) is 19.3 Å². The number of carbonyl (C=O) groups excluding carboxylic acids is 1. The van der Waals surface area contributed by atoms with Gasteiger partial charge in [0.05, 0.1) is 4.90 Å². The molecule has 0 atom stereocenters. The smallest absolute Gasteiger partial charge is 0.475 e. The molecular weight excluding hydrogens is 439 g/mol. The average Bonchev–Trinajstić information content (AvgIpc) is 2.75. The maximum atomic E-state index is 12.7. The van der Waals surface area contributed by atoms with Crippen LogP contribution in [0.1, 0.15) is 29.6 Å². The Morgan fingerprint density at radius 3 is 2.23 bits per heavy atom. The molecule has 0 spiro atoms. The molecule has 2 aromatic rings. The van der Waals surface area contributed by atoms with Crippen LogP contribution in [0.15, 0.2) is 53.6 Å². The highest BCUT2D eigenvalue weighted by Crippen LogP contribution is 2.21. The van der Waals surface area contributed by atoms with Gasteiger partial charge in [0.1, 0.15) is 5.82 Å². The van der Waals surface area contributed by atoms with E-state index in [1.807, 2.05) is 0 Å². The minimum absolute atomic E-state index is 0.151. The molecule has 1 aliphatic heterocycles. The van der Waals surface area contributed by atoms with Crippen LogP contribution in [-0.4, -0.2) is 54.0 Å². The van der Waals surface area contributed by atoms with Crippen molar-refractivity contribution in [1.82, 2.24) is 9.29 Å². The van der Waals surface area contributed by atoms with Crippen LogP contribution in [0.4, 0.5) is 19.0 Å². The molecular formula is C19H20F3N3O5S. The lowest BCUT2D eigenvalue weighted by atomic mass is 10.2. The largest absolute Gasteiger partial charge is 0.490 e. The van der Waals surface area contributed by atoms with Crippen molar-refractivity contribution in [3.63, 3.8) is 0 Å². The number of nitrogens with zero attached hydrogens (tertiary/aromatic N) is 2. The summed E-state index contributed by atoms with van der Waals surface area (Å²) in [6, 6.07) is 11.3. The van der Waals surface area contributed by atoms with Crippen molar-refractivity contribution in [2.75, 3.05) is 18.4 Å². The Labute approximate surface area is 176 Å². The first kappa shape index (κ1) is 24.3. The predicted molar refractivity (Wildman–Crippen MR) is 105 cm³/mol. The van der Waals surface area contributed by atoms with Crippen LogP contribution >= 0.6 is 0 Å². The number of piperidine rings is 1. The third kappa shape index (κ3) is 7.03. The fourth-order valence-corrected chi connectivity index (χ4v) is 4.24. The van der Waals surface area contributed by atoms with Gasteiger partial charge in [-0.2, -0.15) is 17.5 Å². The molecule has 1 aromatic heterocycles. The van der Waals surface area contributed by atoms with Crippen molar-refractivity contribution in [2.45, 2.75) is 30.3 Å². The minimum Gasteiger partial charge on any atom is -0.475 e. The van der Waals surface area contributed by atoms with Crippen molar-refractivity contribution in [3.8, 4) is 0 Å². The zero-order chi connectivity index (χ0) is 23.1. The van der Waals surface area contributed by atoms with E-state index in [0.29, 0.717) is 24.5 Å². The summed E-state index contributed by atoms with van der Waals surface area (Å²) < 4.78 is 58.6. The second-order valence-electron chi connectivity index (χ2n) is 6.46. The number of carbonyl (C=O) groups is 2. The van der Waals surface area contributed by atoms with Gasteiger partial charge in [-0.05, 0) is 43.2 Å². The van der Waals surface area contributed by atoms with E-state index >= 15 is 0 Å². The Morgan fingerprint density at radius 1 is 1.03 bits per heavy atom. The normalized spacial score (nSPS) is 14.8. The first-order chi connectivity index (χ1) is 14.5. The van der Waals surface area contributed by atoms with Gasteiger partial charge in [-0.3, -0.25) is 4.79 Å². The van der Waals surface area contributed by atoms with Crippen LogP contribution in [-0.2, 0) is 14.8 Å². The molecule has 0 radical (unpaired) electrons. The Balaban J connectivity index is 0.000000423. The molecule has 8 nitrogen and oxygen atoms in total. The van der Waals surface area contributed by atoms with Gasteiger partial charge in [0.2, 0.25) is 10.0 Å². The summed E-state index contributed by atoms with van der Waals surface area (Å²) in [6.07, 6.45) is -0.705. The SMILES string of the molecule is O=C(Nc1ccccn1)c1cccc(S(=O)(=O)N2CCCCC2)c1.O=C(O)C(F)(F)F. The van der Waals surface area contributed by atoms with Gasteiger partial charge >= 0.3 is 12.1 Å². The van der Waals surface area contributed by atoms with Crippen LogP contribution in [0.2, 0.25) is 0 Å². The van der Waals surface area contributed by atoms with E-state index in [4.69, 9.17) is 9.90 Å². The molecule has 1 amide bonds. The number of aliphatic carboxylic acids is 1.